The molecule has 1 aliphatic rings. The fourth-order valence-electron chi connectivity index (χ4n) is 1.50. The first-order valence-corrected chi connectivity index (χ1v) is 3.92. The van der Waals surface area contributed by atoms with Gasteiger partial charge in [0.25, 0.3) is 0 Å². The molecular weight excluding hydrogens is 110 g/mol. The molecule has 1 fully saturated rings. The largest absolute Gasteiger partial charge is 0.662 e. The van der Waals surface area contributed by atoms with Crippen LogP contribution in [0.5, 0.6) is 0 Å². The lowest BCUT2D eigenvalue weighted by Gasteiger charge is -2.34. The highest BCUT2D eigenvalue weighted by atomic mass is 14.9. The predicted octanol–water partition coefficient (Wildman–Crippen LogP) is 2.57. The fourth-order valence-corrected chi connectivity index (χ4v) is 1.50. The third kappa shape index (κ3) is 1.98. The average Bonchev–Trinajstić information content (AvgIpc) is 1.90. The standard InChI is InChI=1S/C8H16N/c1-7-3-5-8(9-2)6-4-7/h7-8H,3-6H2,1-2H3/q-1. The van der Waals surface area contributed by atoms with Crippen molar-refractivity contribution in [1.29, 1.82) is 0 Å². The van der Waals surface area contributed by atoms with Crippen molar-refractivity contribution in [3.63, 3.8) is 0 Å². The quantitative estimate of drug-likeness (QED) is 0.512. The van der Waals surface area contributed by atoms with Gasteiger partial charge in [0, 0.05) is 0 Å². The summed E-state index contributed by atoms with van der Waals surface area (Å²) in [6, 6.07) is 0.696. The van der Waals surface area contributed by atoms with Gasteiger partial charge in [0.05, 0.1) is 0 Å². The van der Waals surface area contributed by atoms with E-state index in [1.165, 1.54) is 25.7 Å². The van der Waals surface area contributed by atoms with Crippen molar-refractivity contribution >= 4 is 0 Å². The minimum Gasteiger partial charge on any atom is -0.662 e. The van der Waals surface area contributed by atoms with E-state index < -0.39 is 0 Å². The van der Waals surface area contributed by atoms with Crippen LogP contribution in [0.25, 0.3) is 5.32 Å². The fraction of sp³-hybridized carbons (Fsp3) is 1.00. The maximum Gasteiger partial charge on any atom is -0.0444 e. The molecule has 0 aromatic carbocycles. The molecule has 0 aromatic heterocycles. The van der Waals surface area contributed by atoms with Crippen LogP contribution in [0.4, 0.5) is 0 Å². The van der Waals surface area contributed by atoms with Crippen molar-refractivity contribution < 1.29 is 0 Å². The average molecular weight is 126 g/mol. The van der Waals surface area contributed by atoms with Crippen LogP contribution in [-0.2, 0) is 0 Å². The normalized spacial score (nSPS) is 36.7. The van der Waals surface area contributed by atoms with Crippen LogP contribution < -0.4 is 0 Å². The molecule has 0 saturated heterocycles. The van der Waals surface area contributed by atoms with Gasteiger partial charge in [-0.2, -0.15) is 7.05 Å². The number of hydrogen-bond acceptors (Lipinski definition) is 0. The second-order valence-electron chi connectivity index (χ2n) is 3.17. The van der Waals surface area contributed by atoms with E-state index in [1.54, 1.807) is 0 Å². The molecule has 0 aromatic rings. The third-order valence-electron chi connectivity index (χ3n) is 2.35. The van der Waals surface area contributed by atoms with Crippen LogP contribution in [0.15, 0.2) is 0 Å². The molecule has 54 valence electrons. The summed E-state index contributed by atoms with van der Waals surface area (Å²) in [7, 11) is 1.95. The van der Waals surface area contributed by atoms with E-state index in [4.69, 9.17) is 0 Å². The van der Waals surface area contributed by atoms with E-state index in [2.05, 4.69) is 12.2 Å². The molecule has 1 nitrogen and oxygen atoms in total. The molecular formula is C8H16N-. The molecule has 0 N–H and O–H groups in total. The van der Waals surface area contributed by atoms with Gasteiger partial charge in [0.1, 0.15) is 0 Å². The van der Waals surface area contributed by atoms with Gasteiger partial charge in [-0.1, -0.05) is 32.6 Å². The van der Waals surface area contributed by atoms with E-state index in [0.717, 1.165) is 5.92 Å². The lowest BCUT2D eigenvalue weighted by Crippen LogP contribution is -2.15. The van der Waals surface area contributed by atoms with Crippen molar-refractivity contribution in [3.8, 4) is 0 Å². The maximum atomic E-state index is 4.28. The Kier molecular flexibility index (Phi) is 2.52. The van der Waals surface area contributed by atoms with E-state index >= 15 is 0 Å². The summed E-state index contributed by atoms with van der Waals surface area (Å²) in [5, 5.41) is 4.28. The number of nitrogens with zero attached hydrogens (tertiary/aromatic N) is 1. The van der Waals surface area contributed by atoms with Crippen LogP contribution in [-0.4, -0.2) is 13.1 Å². The Hall–Kier alpha value is -0.0400. The van der Waals surface area contributed by atoms with Gasteiger partial charge in [-0.3, -0.25) is 0 Å². The zero-order chi connectivity index (χ0) is 6.69. The first-order chi connectivity index (χ1) is 4.33. The zero-order valence-corrected chi connectivity index (χ0v) is 6.43. The Bertz CT molecular complexity index is 72.6. The van der Waals surface area contributed by atoms with Crippen LogP contribution in [0.1, 0.15) is 32.6 Å². The van der Waals surface area contributed by atoms with Gasteiger partial charge in [0.15, 0.2) is 0 Å². The Labute approximate surface area is 57.8 Å². The molecule has 9 heavy (non-hydrogen) atoms. The molecule has 0 bridgehead atoms. The van der Waals surface area contributed by atoms with Gasteiger partial charge < -0.3 is 5.32 Å². The van der Waals surface area contributed by atoms with Gasteiger partial charge in [-0.25, -0.2) is 0 Å². The highest BCUT2D eigenvalue weighted by Crippen LogP contribution is 2.26. The van der Waals surface area contributed by atoms with E-state index in [-0.39, 0.29) is 0 Å². The van der Waals surface area contributed by atoms with Crippen molar-refractivity contribution in [2.75, 3.05) is 7.05 Å². The summed E-state index contributed by atoms with van der Waals surface area (Å²) in [5.41, 5.74) is 0. The van der Waals surface area contributed by atoms with E-state index in [0.29, 0.717) is 6.04 Å². The first kappa shape index (κ1) is 7.07. The summed E-state index contributed by atoms with van der Waals surface area (Å²) < 4.78 is 0. The summed E-state index contributed by atoms with van der Waals surface area (Å²) in [5.74, 6) is 0.961. The lowest BCUT2D eigenvalue weighted by molar-refractivity contribution is 0.366. The second-order valence-corrected chi connectivity index (χ2v) is 3.17. The number of rotatable bonds is 1. The van der Waals surface area contributed by atoms with Gasteiger partial charge in [-0.15, -0.1) is 6.04 Å². The first-order valence-electron chi connectivity index (χ1n) is 3.92. The van der Waals surface area contributed by atoms with Crippen LogP contribution >= 0.6 is 0 Å². The van der Waals surface area contributed by atoms with Gasteiger partial charge in [-0.05, 0) is 5.92 Å². The molecule has 0 spiro atoms. The van der Waals surface area contributed by atoms with Crippen LogP contribution in [0.2, 0.25) is 0 Å². The summed E-state index contributed by atoms with van der Waals surface area (Å²) in [4.78, 5) is 0. The molecule has 1 saturated carbocycles. The van der Waals surface area contributed by atoms with E-state index in [1.807, 2.05) is 7.05 Å². The van der Waals surface area contributed by atoms with Crippen LogP contribution in [0, 0.1) is 5.92 Å². The zero-order valence-electron chi connectivity index (χ0n) is 6.43. The predicted molar refractivity (Wildman–Crippen MR) is 40.7 cm³/mol. The maximum absolute atomic E-state index is 4.28. The highest BCUT2D eigenvalue weighted by Gasteiger charge is 2.10. The SMILES string of the molecule is C[N-]C1CCC(C)CC1. The molecule has 0 atom stereocenters. The van der Waals surface area contributed by atoms with Crippen molar-refractivity contribution in [2.45, 2.75) is 38.6 Å². The summed E-state index contributed by atoms with van der Waals surface area (Å²) >= 11 is 0. The Balaban J connectivity index is 2.18. The highest BCUT2D eigenvalue weighted by molar-refractivity contribution is 4.89. The van der Waals surface area contributed by atoms with Crippen LogP contribution in [0.3, 0.4) is 0 Å². The molecule has 0 heterocycles. The lowest BCUT2D eigenvalue weighted by atomic mass is 9.87. The summed E-state index contributed by atoms with van der Waals surface area (Å²) in [6.07, 6.45) is 5.44. The smallest absolute Gasteiger partial charge is 0.0444 e. The summed E-state index contributed by atoms with van der Waals surface area (Å²) in [6.45, 7) is 2.34. The second kappa shape index (κ2) is 3.21. The molecule has 1 rings (SSSR count). The van der Waals surface area contributed by atoms with Gasteiger partial charge >= 0.3 is 0 Å². The van der Waals surface area contributed by atoms with Crippen molar-refractivity contribution in [2.24, 2.45) is 5.92 Å². The molecule has 0 aliphatic heterocycles. The van der Waals surface area contributed by atoms with E-state index in [9.17, 15) is 0 Å². The molecule has 0 radical (unpaired) electrons. The molecule has 1 aliphatic carbocycles. The molecule has 1 heteroatoms. The minimum absolute atomic E-state index is 0.696. The van der Waals surface area contributed by atoms with Gasteiger partial charge in [0.2, 0.25) is 0 Å². The number of hydrogen-bond donors (Lipinski definition) is 0. The Morgan fingerprint density at radius 3 is 2.11 bits per heavy atom. The monoisotopic (exact) mass is 126 g/mol. The molecule has 0 unspecified atom stereocenters. The Morgan fingerprint density at radius 2 is 1.67 bits per heavy atom. The Morgan fingerprint density at radius 1 is 1.11 bits per heavy atom. The van der Waals surface area contributed by atoms with Crippen molar-refractivity contribution in [3.05, 3.63) is 5.32 Å². The minimum atomic E-state index is 0.696. The topological polar surface area (TPSA) is 14.1 Å². The molecule has 0 amide bonds. The van der Waals surface area contributed by atoms with Crippen molar-refractivity contribution in [1.82, 2.24) is 0 Å². The third-order valence-corrected chi connectivity index (χ3v) is 2.35.